The summed E-state index contributed by atoms with van der Waals surface area (Å²) in [4.78, 5) is 38.4. The maximum absolute atomic E-state index is 9.60. The van der Waals surface area contributed by atoms with Crippen molar-refractivity contribution in [2.45, 2.75) is 34.1 Å². The number of aliphatic carboxylic acids is 4. The van der Waals surface area contributed by atoms with Crippen molar-refractivity contribution in [2.75, 3.05) is 26.4 Å². The molecule has 0 aromatic heterocycles. The summed E-state index contributed by atoms with van der Waals surface area (Å²) in [6, 6.07) is 0. The van der Waals surface area contributed by atoms with E-state index in [0.717, 1.165) is 0 Å². The van der Waals surface area contributed by atoms with Crippen molar-refractivity contribution in [2.24, 2.45) is 11.8 Å². The Hall–Kier alpha value is -3.32. The molecule has 204 valence electrons. The summed E-state index contributed by atoms with van der Waals surface area (Å²) in [5, 5.41) is 66.3. The largest absolute Gasteiger partial charge is 0.478 e. The van der Waals surface area contributed by atoms with E-state index in [-0.39, 0.29) is 60.6 Å². The molecule has 1 atom stereocenters. The van der Waals surface area contributed by atoms with Crippen LogP contribution in [0.25, 0.3) is 0 Å². The Balaban J connectivity index is -0.000000111. The smallest absolute Gasteiger partial charge is 0.330 e. The van der Waals surface area contributed by atoms with Gasteiger partial charge in [-0.05, 0) is 40.0 Å². The van der Waals surface area contributed by atoms with Crippen LogP contribution in [-0.2, 0) is 19.2 Å². The number of carbonyl (C=O) groups is 4. The number of hydrogen-bond donors (Lipinski definition) is 8. The van der Waals surface area contributed by atoms with E-state index in [1.54, 1.807) is 0 Å². The molecule has 0 saturated heterocycles. The molecular weight excluding hydrogens is 468 g/mol. The Kier molecular flexibility index (Phi) is 32.2. The van der Waals surface area contributed by atoms with E-state index in [1.807, 2.05) is 0 Å². The SMILES string of the molecule is C=C(C)C(=O)O.C=C(C)C(=O)O.C=C(C)C(=O)O.C=C(C)C(=O)O.OCCC(CO)C(CO)CO. The molecule has 0 rings (SSSR count). The molecule has 0 spiro atoms. The minimum Gasteiger partial charge on any atom is -0.478 e. The maximum Gasteiger partial charge on any atom is 0.330 e. The van der Waals surface area contributed by atoms with Crippen LogP contribution in [0.4, 0.5) is 0 Å². The Bertz CT molecular complexity index is 547. The number of carboxylic acid groups (broad SMARTS) is 4. The molecule has 0 aliphatic heterocycles. The lowest BCUT2D eigenvalue weighted by molar-refractivity contribution is -0.133. The Morgan fingerprint density at radius 3 is 0.771 bits per heavy atom. The van der Waals surface area contributed by atoms with E-state index >= 15 is 0 Å². The molecule has 12 nitrogen and oxygen atoms in total. The van der Waals surface area contributed by atoms with Crippen LogP contribution < -0.4 is 0 Å². The zero-order chi connectivity index (χ0) is 29.3. The van der Waals surface area contributed by atoms with Gasteiger partial charge in [0.2, 0.25) is 0 Å². The third-order valence-corrected chi connectivity index (χ3v) is 3.33. The van der Waals surface area contributed by atoms with Crippen LogP contribution in [0.2, 0.25) is 0 Å². The number of aliphatic hydroxyl groups is 4. The topological polar surface area (TPSA) is 230 Å². The van der Waals surface area contributed by atoms with Crippen LogP contribution in [0.3, 0.4) is 0 Å². The first kappa shape index (κ1) is 41.9. The minimum atomic E-state index is -0.935. The quantitative estimate of drug-likeness (QED) is 0.194. The highest BCUT2D eigenvalue weighted by Crippen LogP contribution is 2.13. The molecule has 8 N–H and O–H groups in total. The van der Waals surface area contributed by atoms with Crippen LogP contribution in [0.1, 0.15) is 34.1 Å². The number of aliphatic hydroxyl groups excluding tert-OH is 4. The molecule has 0 radical (unpaired) electrons. The molecule has 0 aliphatic rings. The molecule has 0 heterocycles. The monoisotopic (exact) mass is 508 g/mol. The first-order chi connectivity index (χ1) is 15.9. The van der Waals surface area contributed by atoms with Gasteiger partial charge in [0, 0.05) is 54.6 Å². The average Bonchev–Trinajstić information content (AvgIpc) is 2.75. The van der Waals surface area contributed by atoms with Crippen molar-refractivity contribution in [1.29, 1.82) is 0 Å². The Morgan fingerprint density at radius 1 is 0.514 bits per heavy atom. The number of hydrogen-bond acceptors (Lipinski definition) is 8. The summed E-state index contributed by atoms with van der Waals surface area (Å²) < 4.78 is 0. The lowest BCUT2D eigenvalue weighted by atomic mass is 9.92. The summed E-state index contributed by atoms with van der Waals surface area (Å²) in [6.07, 6.45) is 0.419. The second-order valence-corrected chi connectivity index (χ2v) is 6.92. The van der Waals surface area contributed by atoms with Gasteiger partial charge in [-0.2, -0.15) is 0 Å². The lowest BCUT2D eigenvalue weighted by Gasteiger charge is -2.20. The van der Waals surface area contributed by atoms with Gasteiger partial charge in [-0.1, -0.05) is 26.3 Å². The van der Waals surface area contributed by atoms with E-state index in [0.29, 0.717) is 6.42 Å². The lowest BCUT2D eigenvalue weighted by Crippen LogP contribution is -2.26. The van der Waals surface area contributed by atoms with Crippen LogP contribution in [0.15, 0.2) is 48.6 Å². The van der Waals surface area contributed by atoms with Gasteiger partial charge in [-0.3, -0.25) is 0 Å². The van der Waals surface area contributed by atoms with Gasteiger partial charge in [0.25, 0.3) is 0 Å². The summed E-state index contributed by atoms with van der Waals surface area (Å²) in [5.74, 6) is -4.25. The molecule has 0 amide bonds. The molecule has 12 heteroatoms. The van der Waals surface area contributed by atoms with Crippen molar-refractivity contribution < 1.29 is 60.0 Å². The molecule has 0 bridgehead atoms. The second kappa shape index (κ2) is 26.9. The van der Waals surface area contributed by atoms with Crippen LogP contribution in [0, 0.1) is 11.8 Å². The van der Waals surface area contributed by atoms with Gasteiger partial charge < -0.3 is 40.9 Å². The van der Waals surface area contributed by atoms with Gasteiger partial charge in [-0.25, -0.2) is 19.2 Å². The zero-order valence-corrected chi connectivity index (χ0v) is 20.7. The van der Waals surface area contributed by atoms with Crippen molar-refractivity contribution in [1.82, 2.24) is 0 Å². The van der Waals surface area contributed by atoms with Crippen molar-refractivity contribution in [3.63, 3.8) is 0 Å². The summed E-state index contributed by atoms with van der Waals surface area (Å²) in [7, 11) is 0. The fraction of sp³-hybridized carbons (Fsp3) is 0.478. The summed E-state index contributed by atoms with van der Waals surface area (Å²) in [6.45, 7) is 18.0. The molecule has 0 fully saturated rings. The van der Waals surface area contributed by atoms with E-state index in [1.165, 1.54) is 27.7 Å². The fourth-order valence-electron chi connectivity index (χ4n) is 0.998. The van der Waals surface area contributed by atoms with Crippen molar-refractivity contribution in [3.05, 3.63) is 48.6 Å². The highest BCUT2D eigenvalue weighted by molar-refractivity contribution is 5.85. The highest BCUT2D eigenvalue weighted by atomic mass is 16.4. The first-order valence-electron chi connectivity index (χ1n) is 9.86. The van der Waals surface area contributed by atoms with E-state index < -0.39 is 23.9 Å². The van der Waals surface area contributed by atoms with Gasteiger partial charge in [0.05, 0.1) is 0 Å². The minimum absolute atomic E-state index is 0.0261. The van der Waals surface area contributed by atoms with Crippen molar-refractivity contribution in [3.8, 4) is 0 Å². The molecule has 0 aromatic carbocycles. The van der Waals surface area contributed by atoms with Gasteiger partial charge in [-0.15, -0.1) is 0 Å². The molecule has 0 saturated carbocycles. The van der Waals surface area contributed by atoms with Gasteiger partial charge in [0.1, 0.15) is 0 Å². The average molecular weight is 509 g/mol. The fourth-order valence-corrected chi connectivity index (χ4v) is 0.998. The molecular formula is C23H40O12. The van der Waals surface area contributed by atoms with Crippen LogP contribution in [0.5, 0.6) is 0 Å². The summed E-state index contributed by atoms with van der Waals surface area (Å²) in [5.41, 5.74) is 0.704. The first-order valence-corrected chi connectivity index (χ1v) is 9.86. The van der Waals surface area contributed by atoms with Gasteiger partial charge in [0.15, 0.2) is 0 Å². The van der Waals surface area contributed by atoms with Crippen LogP contribution in [-0.4, -0.2) is 91.2 Å². The second-order valence-electron chi connectivity index (χ2n) is 6.92. The summed E-state index contributed by atoms with van der Waals surface area (Å²) >= 11 is 0. The maximum atomic E-state index is 9.60. The van der Waals surface area contributed by atoms with E-state index in [4.69, 9.17) is 40.9 Å². The normalized spacial score (nSPS) is 9.51. The third kappa shape index (κ3) is 38.3. The third-order valence-electron chi connectivity index (χ3n) is 3.33. The molecule has 0 aliphatic carbocycles. The zero-order valence-electron chi connectivity index (χ0n) is 20.7. The molecule has 35 heavy (non-hydrogen) atoms. The van der Waals surface area contributed by atoms with Gasteiger partial charge >= 0.3 is 23.9 Å². The Morgan fingerprint density at radius 2 is 0.686 bits per heavy atom. The highest BCUT2D eigenvalue weighted by Gasteiger charge is 2.18. The molecule has 1 unspecified atom stereocenters. The predicted molar refractivity (Wildman–Crippen MR) is 130 cm³/mol. The van der Waals surface area contributed by atoms with Crippen molar-refractivity contribution >= 4 is 23.9 Å². The standard InChI is InChI=1S/C7H16O4.4C4H6O2/c8-2-1-6(3-9)7(4-10)5-11;4*1-3(2)4(5)6/h6-11H,1-5H2;4*1H2,2H3,(H,5,6). The van der Waals surface area contributed by atoms with E-state index in [9.17, 15) is 19.2 Å². The van der Waals surface area contributed by atoms with E-state index in [2.05, 4.69) is 26.3 Å². The number of rotatable bonds is 10. The Labute approximate surface area is 205 Å². The van der Waals surface area contributed by atoms with Crippen LogP contribution >= 0.6 is 0 Å². The molecule has 0 aromatic rings. The number of carboxylic acids is 4. The predicted octanol–water partition coefficient (Wildman–Crippen LogP) is 1.17.